The predicted octanol–water partition coefficient (Wildman–Crippen LogP) is -8.56. The van der Waals surface area contributed by atoms with Crippen molar-refractivity contribution >= 4 is 23.7 Å². The van der Waals surface area contributed by atoms with E-state index < -0.39 is 0 Å². The molecule has 1 aromatic heterocycles. The van der Waals surface area contributed by atoms with Gasteiger partial charge >= 0.3 is 11.9 Å². The van der Waals surface area contributed by atoms with E-state index in [0.717, 1.165) is 5.56 Å². The van der Waals surface area contributed by atoms with E-state index in [2.05, 4.69) is 20.0 Å². The predicted molar refractivity (Wildman–Crippen MR) is 55.2 cm³/mol. The molecule has 0 saturated heterocycles. The van der Waals surface area contributed by atoms with Gasteiger partial charge in [0.2, 0.25) is 0 Å². The van der Waals surface area contributed by atoms with E-state index in [1.54, 1.807) is 6.20 Å². The van der Waals surface area contributed by atoms with Gasteiger partial charge in [-0.05, 0) is 6.92 Å². The minimum Gasteiger partial charge on any atom is -1.00 e. The summed E-state index contributed by atoms with van der Waals surface area (Å²) >= 11 is 0. The van der Waals surface area contributed by atoms with E-state index in [4.69, 9.17) is 22.9 Å². The van der Waals surface area contributed by atoms with Crippen LogP contribution in [0.2, 0.25) is 0 Å². The molecule has 8 nitrogen and oxygen atoms in total. The molecule has 0 aliphatic carbocycles. The lowest BCUT2D eigenvalue weighted by Gasteiger charge is -1.91. The van der Waals surface area contributed by atoms with Crippen LogP contribution in [0.4, 0.5) is 11.8 Å². The average Bonchev–Trinajstić information content (AvgIpc) is 2.09. The van der Waals surface area contributed by atoms with E-state index in [-0.39, 0.29) is 36.7 Å². The maximum atomic E-state index is 5.26. The summed E-state index contributed by atoms with van der Waals surface area (Å²) in [6.07, 6.45) is 1.68. The normalized spacial score (nSPS) is 8.29. The molecule has 1 aromatic rings. The number of halogens is 2. The summed E-state index contributed by atoms with van der Waals surface area (Å²) in [7, 11) is 0. The van der Waals surface area contributed by atoms with E-state index in [0.29, 0.717) is 11.8 Å². The van der Waals surface area contributed by atoms with E-state index >= 15 is 0 Å². The zero-order chi connectivity index (χ0) is 11.4. The van der Waals surface area contributed by atoms with Crippen LogP contribution in [-0.4, -0.2) is 11.9 Å². The van der Waals surface area contributed by atoms with Crippen molar-refractivity contribution in [2.24, 2.45) is 32.9 Å². The van der Waals surface area contributed by atoms with Gasteiger partial charge in [0.25, 0.3) is 5.82 Å². The largest absolute Gasteiger partial charge is 1.00 e. The lowest BCUT2D eigenvalue weighted by Crippen LogP contribution is -3.00. The quantitative estimate of drug-likeness (QED) is 0.313. The first kappa shape index (κ1) is 17.6. The van der Waals surface area contributed by atoms with Crippen LogP contribution >= 0.6 is 0 Å². The lowest BCUT2D eigenvalue weighted by atomic mass is 10.3. The van der Waals surface area contributed by atoms with Crippen molar-refractivity contribution in [3.05, 3.63) is 11.8 Å². The highest BCUT2D eigenvalue weighted by molar-refractivity contribution is 5.78. The summed E-state index contributed by atoms with van der Waals surface area (Å²) in [6, 6.07) is 0. The van der Waals surface area contributed by atoms with Gasteiger partial charge in [0.15, 0.2) is 5.96 Å². The molecule has 0 amide bonds. The van der Waals surface area contributed by atoms with Gasteiger partial charge in [0, 0.05) is 0 Å². The number of nitrogens with one attached hydrogen (secondary N) is 2. The minimum atomic E-state index is -0.0676. The van der Waals surface area contributed by atoms with Gasteiger partial charge in [-0.15, -0.1) is 4.98 Å². The fourth-order valence-corrected chi connectivity index (χ4v) is 0.926. The smallest absolute Gasteiger partial charge is 0.583 e. The van der Waals surface area contributed by atoms with Crippen molar-refractivity contribution in [1.29, 1.82) is 0 Å². The molecule has 1 rings (SSSR count). The van der Waals surface area contributed by atoms with E-state index in [1.807, 2.05) is 6.92 Å². The second-order valence-corrected chi connectivity index (χ2v) is 2.87. The number of aliphatic imine (C=N–C) groups is 2. The van der Waals surface area contributed by atoms with Crippen LogP contribution in [-0.2, 0) is 0 Å². The van der Waals surface area contributed by atoms with Gasteiger partial charge in [-0.1, -0.05) is 0 Å². The maximum Gasteiger partial charge on any atom is 0.583 e. The average molecular weight is 281 g/mol. The van der Waals surface area contributed by atoms with Crippen molar-refractivity contribution in [3.8, 4) is 0 Å². The first-order valence-electron chi connectivity index (χ1n) is 4.13. The molecule has 0 aromatic carbocycles. The van der Waals surface area contributed by atoms with Crippen LogP contribution < -0.4 is 57.7 Å². The van der Waals surface area contributed by atoms with E-state index in [9.17, 15) is 0 Å². The third-order valence-electron chi connectivity index (χ3n) is 1.52. The van der Waals surface area contributed by atoms with Gasteiger partial charge in [0.05, 0.1) is 5.56 Å². The highest BCUT2D eigenvalue weighted by Crippen LogP contribution is 2.09. The molecule has 1 heterocycles. The lowest BCUT2D eigenvalue weighted by molar-refractivity contribution is -0.498. The number of hydrogen-bond acceptors (Lipinski definition) is 2. The number of hydrogen-bond donors (Lipinski definition) is 4. The Bertz CT molecular complexity index is 422. The second kappa shape index (κ2) is 7.47. The fraction of sp³-hybridized carbons (Fsp3) is 0.143. The topological polar surface area (TPSA) is 157 Å². The molecule has 96 valence electrons. The molecule has 0 spiro atoms. The number of guanidine groups is 2. The van der Waals surface area contributed by atoms with Crippen LogP contribution in [0.25, 0.3) is 0 Å². The summed E-state index contributed by atoms with van der Waals surface area (Å²) in [5.74, 6) is 0.743. The number of H-pyrrole nitrogens is 2. The number of rotatable bonds is 2. The van der Waals surface area contributed by atoms with Crippen molar-refractivity contribution < 1.29 is 34.8 Å². The maximum absolute atomic E-state index is 5.26. The van der Waals surface area contributed by atoms with Crippen LogP contribution in [0.15, 0.2) is 16.2 Å². The highest BCUT2D eigenvalue weighted by Gasteiger charge is 2.16. The number of nitrogens with two attached hydrogens (primary N) is 4. The molecule has 17 heavy (non-hydrogen) atoms. The van der Waals surface area contributed by atoms with Crippen LogP contribution in [0, 0.1) is 6.92 Å². The standard InChI is InChI=1S/C7H12N8.2ClH/c1-3-2-12-7(15-6(10)11)14-4(3)13-5(8)9;;/h2H,1H3,(H8,8,9,10,11,12,13,14,15);2*1H. The van der Waals surface area contributed by atoms with Gasteiger partial charge in [0.1, 0.15) is 11.2 Å². The third-order valence-corrected chi connectivity index (χ3v) is 1.52. The fourth-order valence-electron chi connectivity index (χ4n) is 0.926. The van der Waals surface area contributed by atoms with Crippen molar-refractivity contribution in [2.45, 2.75) is 6.92 Å². The number of nitrogens with zero attached hydrogens (tertiary/aromatic N) is 2. The van der Waals surface area contributed by atoms with Crippen LogP contribution in [0.1, 0.15) is 5.56 Å². The summed E-state index contributed by atoms with van der Waals surface area (Å²) in [4.78, 5) is 13.3. The number of aromatic amines is 2. The first-order valence-corrected chi connectivity index (χ1v) is 4.13. The molecular weight excluding hydrogens is 267 g/mol. The summed E-state index contributed by atoms with van der Waals surface area (Å²) in [5, 5.41) is 0. The third kappa shape index (κ3) is 5.73. The molecule has 10 heteroatoms. The zero-order valence-corrected chi connectivity index (χ0v) is 10.5. The SMILES string of the molecule is Cc1c[nH+]c(N=C(N)N)[nH+]c1N=C(N)N.[Cl-].[Cl-]. The zero-order valence-electron chi connectivity index (χ0n) is 9.04. The first-order chi connectivity index (χ1) is 6.99. The Balaban J connectivity index is 0. The van der Waals surface area contributed by atoms with Crippen LogP contribution in [0.5, 0.6) is 0 Å². The Hall–Kier alpha value is -1.80. The molecule has 0 unspecified atom stereocenters. The van der Waals surface area contributed by atoms with Gasteiger partial charge in [-0.2, -0.15) is 9.98 Å². The second-order valence-electron chi connectivity index (χ2n) is 2.87. The Morgan fingerprint density at radius 3 is 2.06 bits per heavy atom. The van der Waals surface area contributed by atoms with Crippen molar-refractivity contribution in [2.75, 3.05) is 0 Å². The van der Waals surface area contributed by atoms with Crippen LogP contribution in [0.3, 0.4) is 0 Å². The highest BCUT2D eigenvalue weighted by atomic mass is 35.5. The number of aromatic nitrogens is 2. The number of aryl methyl sites for hydroxylation is 1. The summed E-state index contributed by atoms with van der Waals surface area (Å²) in [6.45, 7) is 1.83. The summed E-state index contributed by atoms with van der Waals surface area (Å²) in [5.41, 5.74) is 21.8. The molecule has 10 N–H and O–H groups in total. The molecule has 0 radical (unpaired) electrons. The Morgan fingerprint density at radius 1 is 1.06 bits per heavy atom. The summed E-state index contributed by atoms with van der Waals surface area (Å²) < 4.78 is 0. The van der Waals surface area contributed by atoms with Gasteiger partial charge in [-0.25, -0.2) is 0 Å². The molecule has 0 fully saturated rings. The minimum absolute atomic E-state index is 0. The molecule has 0 bridgehead atoms. The van der Waals surface area contributed by atoms with Crippen molar-refractivity contribution in [1.82, 2.24) is 0 Å². The van der Waals surface area contributed by atoms with Crippen molar-refractivity contribution in [3.63, 3.8) is 0 Å². The van der Waals surface area contributed by atoms with Gasteiger partial charge in [-0.3, -0.25) is 0 Å². The van der Waals surface area contributed by atoms with Gasteiger partial charge < -0.3 is 47.7 Å². The molecule has 0 aliphatic rings. The molecule has 0 saturated carbocycles. The Kier molecular flexibility index (Phi) is 7.73. The molecule has 0 aliphatic heterocycles. The monoisotopic (exact) mass is 280 g/mol. The molecule has 0 atom stereocenters. The Labute approximate surface area is 110 Å². The Morgan fingerprint density at radius 2 is 1.59 bits per heavy atom. The van der Waals surface area contributed by atoms with E-state index in [1.165, 1.54) is 0 Å². The molecular formula is C7H14Cl2N8.